The van der Waals surface area contributed by atoms with Gasteiger partial charge in [0, 0.05) is 29.6 Å². The molecule has 2 amide bonds. The number of carbonyl (C=O) groups excluding carboxylic acids is 2. The van der Waals surface area contributed by atoms with Gasteiger partial charge in [-0.1, -0.05) is 66.2 Å². The number of aryl methyl sites for hydroxylation is 1. The number of hydrogen-bond acceptors (Lipinski definition) is 4. The van der Waals surface area contributed by atoms with Gasteiger partial charge < -0.3 is 10.2 Å². The van der Waals surface area contributed by atoms with Crippen molar-refractivity contribution in [1.82, 2.24) is 10.2 Å². The van der Waals surface area contributed by atoms with Crippen molar-refractivity contribution in [3.8, 4) is 0 Å². The van der Waals surface area contributed by atoms with Crippen LogP contribution in [0.4, 0.5) is 10.1 Å². The summed E-state index contributed by atoms with van der Waals surface area (Å²) >= 11 is 6.15. The van der Waals surface area contributed by atoms with Gasteiger partial charge in [-0.15, -0.1) is 0 Å². The van der Waals surface area contributed by atoms with Crippen LogP contribution in [0.2, 0.25) is 5.02 Å². The first-order valence-electron chi connectivity index (χ1n) is 12.5. The summed E-state index contributed by atoms with van der Waals surface area (Å²) in [5, 5.41) is 3.16. The minimum Gasteiger partial charge on any atom is -0.352 e. The van der Waals surface area contributed by atoms with Crippen molar-refractivity contribution in [2.24, 2.45) is 0 Å². The normalized spacial score (nSPS) is 12.2. The molecule has 0 saturated heterocycles. The maximum atomic E-state index is 14.8. The fourth-order valence-corrected chi connectivity index (χ4v) is 5.26. The molecule has 3 rings (SSSR count). The van der Waals surface area contributed by atoms with Crippen LogP contribution in [0.3, 0.4) is 0 Å². The number of nitrogens with zero attached hydrogens (tertiary/aromatic N) is 2. The van der Waals surface area contributed by atoms with Gasteiger partial charge in [0.2, 0.25) is 21.8 Å². The van der Waals surface area contributed by atoms with Crippen LogP contribution in [0, 0.1) is 12.7 Å². The van der Waals surface area contributed by atoms with Crippen molar-refractivity contribution in [2.75, 3.05) is 17.1 Å². The first-order valence-corrected chi connectivity index (χ1v) is 14.7. The Morgan fingerprint density at radius 3 is 2.26 bits per heavy atom. The zero-order chi connectivity index (χ0) is 28.7. The molecule has 3 aromatic carbocycles. The molecule has 0 heterocycles. The van der Waals surface area contributed by atoms with Crippen LogP contribution in [0.15, 0.2) is 72.8 Å². The Morgan fingerprint density at radius 1 is 1.00 bits per heavy atom. The number of nitrogens with one attached hydrogen (secondary N) is 1. The smallest absolute Gasteiger partial charge is 0.244 e. The predicted molar refractivity (Wildman–Crippen MR) is 153 cm³/mol. The molecule has 3 aromatic rings. The second kappa shape index (κ2) is 13.1. The maximum absolute atomic E-state index is 14.8. The lowest BCUT2D eigenvalue weighted by Gasteiger charge is -2.34. The number of sulfonamides is 1. The molecule has 0 spiro atoms. The van der Waals surface area contributed by atoms with E-state index >= 15 is 0 Å². The molecule has 0 fully saturated rings. The van der Waals surface area contributed by atoms with E-state index in [1.54, 1.807) is 39.0 Å². The van der Waals surface area contributed by atoms with Crippen molar-refractivity contribution in [2.45, 2.75) is 45.8 Å². The molecule has 39 heavy (non-hydrogen) atoms. The average molecular weight is 574 g/mol. The Kier molecular flexibility index (Phi) is 10.1. The topological polar surface area (TPSA) is 86.8 Å². The number of anilines is 1. The Morgan fingerprint density at radius 2 is 1.64 bits per heavy atom. The average Bonchev–Trinajstić information content (AvgIpc) is 2.86. The third-order valence-corrected chi connectivity index (χ3v) is 7.48. The zero-order valence-corrected chi connectivity index (χ0v) is 24.0. The lowest BCUT2D eigenvalue weighted by molar-refractivity contribution is -0.140. The van der Waals surface area contributed by atoms with E-state index in [1.807, 2.05) is 30.3 Å². The number of carbonyl (C=O) groups is 2. The molecule has 0 aliphatic rings. The molecule has 0 saturated carbocycles. The monoisotopic (exact) mass is 573 g/mol. The molecular weight excluding hydrogens is 541 g/mol. The largest absolute Gasteiger partial charge is 0.352 e. The fraction of sp³-hybridized carbons (Fsp3) is 0.310. The molecule has 0 aliphatic carbocycles. The first-order chi connectivity index (χ1) is 18.4. The third kappa shape index (κ3) is 8.28. The van der Waals surface area contributed by atoms with E-state index in [4.69, 9.17) is 11.6 Å². The number of rotatable bonds is 11. The van der Waals surface area contributed by atoms with E-state index in [-0.39, 0.29) is 30.3 Å². The molecule has 0 aromatic heterocycles. The van der Waals surface area contributed by atoms with Crippen molar-refractivity contribution in [3.63, 3.8) is 0 Å². The van der Waals surface area contributed by atoms with Crippen LogP contribution >= 0.6 is 11.6 Å². The summed E-state index contributed by atoms with van der Waals surface area (Å²) in [5.74, 6) is -1.63. The van der Waals surface area contributed by atoms with Crippen LogP contribution in [-0.2, 0) is 32.6 Å². The summed E-state index contributed by atoms with van der Waals surface area (Å²) in [4.78, 5) is 28.7. The van der Waals surface area contributed by atoms with Crippen LogP contribution in [-0.4, -0.2) is 50.0 Å². The van der Waals surface area contributed by atoms with Gasteiger partial charge in [-0.25, -0.2) is 12.8 Å². The number of halogens is 2. The lowest BCUT2D eigenvalue weighted by atomic mass is 10.0. The molecule has 0 aliphatic heterocycles. The Hall–Kier alpha value is -3.43. The van der Waals surface area contributed by atoms with Crippen LogP contribution in [0.5, 0.6) is 0 Å². The molecule has 7 nitrogen and oxygen atoms in total. The highest BCUT2D eigenvalue weighted by molar-refractivity contribution is 7.92. The summed E-state index contributed by atoms with van der Waals surface area (Å²) in [6.45, 7) is 4.47. The highest BCUT2D eigenvalue weighted by atomic mass is 35.5. The second-order valence-corrected chi connectivity index (χ2v) is 12.0. The zero-order valence-electron chi connectivity index (χ0n) is 22.4. The number of benzene rings is 3. The third-order valence-electron chi connectivity index (χ3n) is 6.12. The van der Waals surface area contributed by atoms with E-state index in [1.165, 1.54) is 29.2 Å². The molecule has 208 valence electrons. The fourth-order valence-electron chi connectivity index (χ4n) is 4.19. The standard InChI is InChI=1S/C29H33ClFN3O4S/c1-20(2)32-29(36)27(16-22-10-6-5-7-11-22)33(18-23-12-8-9-13-25(23)31)28(35)19-34(39(4,37)38)26-17-24(30)15-14-21(26)3/h5-15,17,20,27H,16,18-19H2,1-4H3,(H,32,36). The van der Waals surface area contributed by atoms with E-state index < -0.39 is 40.2 Å². The van der Waals surface area contributed by atoms with Crippen LogP contribution in [0.25, 0.3) is 0 Å². The van der Waals surface area contributed by atoms with Gasteiger partial charge in [0.15, 0.2) is 0 Å². The minimum absolute atomic E-state index is 0.147. The van der Waals surface area contributed by atoms with E-state index in [0.29, 0.717) is 10.6 Å². The first kappa shape index (κ1) is 30.1. The summed E-state index contributed by atoms with van der Waals surface area (Å²) < 4.78 is 41.5. The Bertz CT molecular complexity index is 1420. The molecule has 10 heteroatoms. The summed E-state index contributed by atoms with van der Waals surface area (Å²) in [7, 11) is -3.94. The number of hydrogen-bond donors (Lipinski definition) is 1. The van der Waals surface area contributed by atoms with Gasteiger partial charge in [-0.05, 0) is 50.1 Å². The minimum atomic E-state index is -3.94. The molecule has 1 N–H and O–H groups in total. The quantitative estimate of drug-likeness (QED) is 0.360. The SMILES string of the molecule is Cc1ccc(Cl)cc1N(CC(=O)N(Cc1ccccc1F)C(Cc1ccccc1)C(=O)NC(C)C)S(C)(=O)=O. The molecule has 1 atom stereocenters. The summed E-state index contributed by atoms with van der Waals surface area (Å²) in [6.07, 6.45) is 1.14. The van der Waals surface area contributed by atoms with Gasteiger partial charge in [0.25, 0.3) is 0 Å². The van der Waals surface area contributed by atoms with Crippen molar-refractivity contribution < 1.29 is 22.4 Å². The van der Waals surface area contributed by atoms with Crippen LogP contribution in [0.1, 0.15) is 30.5 Å². The molecule has 0 bridgehead atoms. The Labute approximate surface area is 234 Å². The Balaban J connectivity index is 2.09. The lowest BCUT2D eigenvalue weighted by Crippen LogP contribution is -2.54. The van der Waals surface area contributed by atoms with Crippen molar-refractivity contribution in [1.29, 1.82) is 0 Å². The molecule has 0 radical (unpaired) electrons. The highest BCUT2D eigenvalue weighted by Gasteiger charge is 2.34. The van der Waals surface area contributed by atoms with Gasteiger partial charge in [-0.2, -0.15) is 0 Å². The van der Waals surface area contributed by atoms with E-state index in [0.717, 1.165) is 16.1 Å². The van der Waals surface area contributed by atoms with Gasteiger partial charge >= 0.3 is 0 Å². The highest BCUT2D eigenvalue weighted by Crippen LogP contribution is 2.27. The van der Waals surface area contributed by atoms with Gasteiger partial charge in [-0.3, -0.25) is 13.9 Å². The maximum Gasteiger partial charge on any atom is 0.244 e. The van der Waals surface area contributed by atoms with Gasteiger partial charge in [0.1, 0.15) is 18.4 Å². The molecular formula is C29H33ClFN3O4S. The van der Waals surface area contributed by atoms with Crippen molar-refractivity contribution in [3.05, 3.63) is 100 Å². The van der Waals surface area contributed by atoms with E-state index in [9.17, 15) is 22.4 Å². The van der Waals surface area contributed by atoms with Crippen molar-refractivity contribution >= 4 is 39.1 Å². The predicted octanol–water partition coefficient (Wildman–Crippen LogP) is 4.72. The number of amides is 2. The van der Waals surface area contributed by atoms with Crippen LogP contribution < -0.4 is 9.62 Å². The summed E-state index contributed by atoms with van der Waals surface area (Å²) in [5.41, 5.74) is 1.83. The van der Waals surface area contributed by atoms with E-state index in [2.05, 4.69) is 5.32 Å². The summed E-state index contributed by atoms with van der Waals surface area (Å²) in [6, 6.07) is 18.6. The van der Waals surface area contributed by atoms with Gasteiger partial charge in [0.05, 0.1) is 11.9 Å². The molecule has 1 unspecified atom stereocenters. The second-order valence-electron chi connectivity index (χ2n) is 9.68.